The van der Waals surface area contributed by atoms with E-state index in [0.29, 0.717) is 12.8 Å². The molecule has 0 aliphatic heterocycles. The van der Waals surface area contributed by atoms with Crippen molar-refractivity contribution in [2.75, 3.05) is 0 Å². The molecule has 4 heteroatoms. The van der Waals surface area contributed by atoms with Gasteiger partial charge in [-0.05, 0) is 18.3 Å². The zero-order chi connectivity index (χ0) is 10.2. The summed E-state index contributed by atoms with van der Waals surface area (Å²) in [5, 5.41) is 27.7. The highest BCUT2D eigenvalue weighted by Crippen LogP contribution is 2.38. The molecule has 1 aliphatic rings. The van der Waals surface area contributed by atoms with E-state index in [1.807, 2.05) is 13.8 Å². The maximum atomic E-state index is 10.7. The van der Waals surface area contributed by atoms with Gasteiger partial charge in [-0.1, -0.05) is 13.8 Å². The second-order valence-corrected chi connectivity index (χ2v) is 4.57. The molecule has 0 aromatic carbocycles. The van der Waals surface area contributed by atoms with Crippen molar-refractivity contribution < 1.29 is 20.1 Å². The van der Waals surface area contributed by atoms with Crippen molar-refractivity contribution in [3.05, 3.63) is 0 Å². The topological polar surface area (TPSA) is 77.8 Å². The van der Waals surface area contributed by atoms with Crippen LogP contribution in [-0.4, -0.2) is 33.5 Å². The summed E-state index contributed by atoms with van der Waals surface area (Å²) in [4.78, 5) is 10.7. The van der Waals surface area contributed by atoms with Gasteiger partial charge < -0.3 is 15.3 Å². The number of aliphatic carboxylic acids is 1. The summed E-state index contributed by atoms with van der Waals surface area (Å²) in [5.41, 5.74) is -0.176. The number of hydrogen-bond acceptors (Lipinski definition) is 3. The van der Waals surface area contributed by atoms with Gasteiger partial charge in [-0.3, -0.25) is 4.79 Å². The van der Waals surface area contributed by atoms with E-state index in [9.17, 15) is 15.0 Å². The molecular weight excluding hydrogens is 172 g/mol. The number of aliphatic hydroxyl groups excluding tert-OH is 2. The van der Waals surface area contributed by atoms with Crippen molar-refractivity contribution in [3.8, 4) is 0 Å². The Morgan fingerprint density at radius 1 is 1.23 bits per heavy atom. The molecule has 0 radical (unpaired) electrons. The summed E-state index contributed by atoms with van der Waals surface area (Å²) in [6, 6.07) is 0. The van der Waals surface area contributed by atoms with E-state index in [1.54, 1.807) is 0 Å². The standard InChI is InChI=1S/C9H16O4/c1-9(2)3-5(10)7(8(12)13)6(11)4-9/h5-7,10-11H,3-4H2,1-2H3,(H,12,13). The lowest BCUT2D eigenvalue weighted by Gasteiger charge is -2.39. The van der Waals surface area contributed by atoms with Crippen LogP contribution >= 0.6 is 0 Å². The third-order valence-electron chi connectivity index (χ3n) is 2.64. The summed E-state index contributed by atoms with van der Waals surface area (Å²) < 4.78 is 0. The fourth-order valence-corrected chi connectivity index (χ4v) is 2.06. The van der Waals surface area contributed by atoms with Crippen molar-refractivity contribution in [2.45, 2.75) is 38.9 Å². The number of aliphatic hydroxyl groups is 2. The van der Waals surface area contributed by atoms with Crippen molar-refractivity contribution in [2.24, 2.45) is 11.3 Å². The van der Waals surface area contributed by atoms with Gasteiger partial charge in [0.15, 0.2) is 0 Å². The van der Waals surface area contributed by atoms with Crippen LogP contribution in [0.5, 0.6) is 0 Å². The normalized spacial score (nSPS) is 38.6. The Kier molecular flexibility index (Phi) is 2.63. The van der Waals surface area contributed by atoms with E-state index in [2.05, 4.69) is 0 Å². The molecule has 1 aliphatic carbocycles. The first-order valence-electron chi connectivity index (χ1n) is 4.42. The molecule has 3 N–H and O–H groups in total. The molecule has 0 aromatic heterocycles. The average molecular weight is 188 g/mol. The van der Waals surface area contributed by atoms with E-state index >= 15 is 0 Å². The first kappa shape index (κ1) is 10.5. The molecule has 1 saturated carbocycles. The predicted molar refractivity (Wildman–Crippen MR) is 46.2 cm³/mol. The van der Waals surface area contributed by atoms with E-state index in [4.69, 9.17) is 5.11 Å². The number of hydrogen-bond donors (Lipinski definition) is 3. The van der Waals surface area contributed by atoms with Crippen LogP contribution in [0.4, 0.5) is 0 Å². The van der Waals surface area contributed by atoms with Crippen LogP contribution < -0.4 is 0 Å². The molecule has 0 heterocycles. The second-order valence-electron chi connectivity index (χ2n) is 4.57. The van der Waals surface area contributed by atoms with E-state index in [-0.39, 0.29) is 5.41 Å². The Hall–Kier alpha value is -0.610. The highest BCUT2D eigenvalue weighted by Gasteiger charge is 2.43. The monoisotopic (exact) mass is 188 g/mol. The lowest BCUT2D eigenvalue weighted by Crippen LogP contribution is -2.47. The first-order chi connectivity index (χ1) is 5.83. The molecule has 13 heavy (non-hydrogen) atoms. The van der Waals surface area contributed by atoms with Gasteiger partial charge in [0.1, 0.15) is 5.92 Å². The van der Waals surface area contributed by atoms with Gasteiger partial charge in [0.25, 0.3) is 0 Å². The Balaban J connectivity index is 2.76. The third-order valence-corrected chi connectivity index (χ3v) is 2.64. The molecule has 1 fully saturated rings. The molecule has 76 valence electrons. The Morgan fingerprint density at radius 2 is 1.62 bits per heavy atom. The van der Waals surface area contributed by atoms with Crippen LogP contribution in [0.15, 0.2) is 0 Å². The molecular formula is C9H16O4. The molecule has 0 saturated heterocycles. The number of carboxylic acid groups (broad SMARTS) is 1. The highest BCUT2D eigenvalue weighted by atomic mass is 16.4. The fourth-order valence-electron chi connectivity index (χ4n) is 2.06. The number of carbonyl (C=O) groups is 1. The molecule has 2 atom stereocenters. The lowest BCUT2D eigenvalue weighted by atomic mass is 9.70. The average Bonchev–Trinajstić information content (AvgIpc) is 1.78. The zero-order valence-corrected chi connectivity index (χ0v) is 7.90. The highest BCUT2D eigenvalue weighted by molar-refractivity contribution is 5.71. The molecule has 4 nitrogen and oxygen atoms in total. The Morgan fingerprint density at radius 3 is 1.92 bits per heavy atom. The van der Waals surface area contributed by atoms with E-state index in [1.165, 1.54) is 0 Å². The van der Waals surface area contributed by atoms with Gasteiger partial charge in [-0.2, -0.15) is 0 Å². The van der Waals surface area contributed by atoms with Crippen LogP contribution in [0.3, 0.4) is 0 Å². The minimum absolute atomic E-state index is 0.176. The number of carboxylic acids is 1. The van der Waals surface area contributed by atoms with Gasteiger partial charge in [-0.15, -0.1) is 0 Å². The molecule has 1 rings (SSSR count). The predicted octanol–water partition coefficient (Wildman–Crippen LogP) is 0.229. The van der Waals surface area contributed by atoms with Gasteiger partial charge in [0, 0.05) is 0 Å². The maximum absolute atomic E-state index is 10.7. The van der Waals surface area contributed by atoms with E-state index in [0.717, 1.165) is 0 Å². The molecule has 0 spiro atoms. The first-order valence-corrected chi connectivity index (χ1v) is 4.42. The summed E-state index contributed by atoms with van der Waals surface area (Å²) in [6.45, 7) is 3.83. The van der Waals surface area contributed by atoms with Crippen molar-refractivity contribution in [1.29, 1.82) is 0 Å². The molecule has 0 amide bonds. The molecule has 0 aromatic rings. The maximum Gasteiger partial charge on any atom is 0.311 e. The quantitative estimate of drug-likeness (QED) is 0.550. The largest absolute Gasteiger partial charge is 0.481 e. The van der Waals surface area contributed by atoms with Gasteiger partial charge in [0.05, 0.1) is 12.2 Å². The van der Waals surface area contributed by atoms with Crippen LogP contribution in [-0.2, 0) is 4.79 Å². The van der Waals surface area contributed by atoms with E-state index < -0.39 is 24.1 Å². The van der Waals surface area contributed by atoms with Crippen molar-refractivity contribution in [3.63, 3.8) is 0 Å². The van der Waals surface area contributed by atoms with Crippen molar-refractivity contribution >= 4 is 5.97 Å². The SMILES string of the molecule is CC1(C)CC(O)C(C(=O)O)C(O)C1. The van der Waals surface area contributed by atoms with Crippen LogP contribution in [0.1, 0.15) is 26.7 Å². The van der Waals surface area contributed by atoms with Gasteiger partial charge >= 0.3 is 5.97 Å². The molecule has 0 bridgehead atoms. The second kappa shape index (κ2) is 3.27. The third kappa shape index (κ3) is 2.19. The zero-order valence-electron chi connectivity index (χ0n) is 7.90. The minimum atomic E-state index is -1.12. The Labute approximate surface area is 77.2 Å². The van der Waals surface area contributed by atoms with Crippen LogP contribution in [0.2, 0.25) is 0 Å². The summed E-state index contributed by atoms with van der Waals surface area (Å²) in [6.07, 6.45) is -1.00. The lowest BCUT2D eigenvalue weighted by molar-refractivity contribution is -0.158. The summed E-state index contributed by atoms with van der Waals surface area (Å²) in [5.74, 6) is -2.14. The smallest absolute Gasteiger partial charge is 0.311 e. The van der Waals surface area contributed by atoms with Gasteiger partial charge in [0.2, 0.25) is 0 Å². The molecule has 2 unspecified atom stereocenters. The van der Waals surface area contributed by atoms with Gasteiger partial charge in [-0.25, -0.2) is 0 Å². The fraction of sp³-hybridized carbons (Fsp3) is 0.889. The summed E-state index contributed by atoms with van der Waals surface area (Å²) >= 11 is 0. The van der Waals surface area contributed by atoms with Crippen LogP contribution in [0.25, 0.3) is 0 Å². The summed E-state index contributed by atoms with van der Waals surface area (Å²) in [7, 11) is 0. The van der Waals surface area contributed by atoms with Crippen molar-refractivity contribution in [1.82, 2.24) is 0 Å². The Bertz CT molecular complexity index is 198. The number of rotatable bonds is 1. The minimum Gasteiger partial charge on any atom is -0.481 e. The van der Waals surface area contributed by atoms with Crippen LogP contribution in [0, 0.1) is 11.3 Å².